The first-order valence-electron chi connectivity index (χ1n) is 6.23. The van der Waals surface area contributed by atoms with Gasteiger partial charge in [-0.2, -0.15) is 4.31 Å². The predicted molar refractivity (Wildman–Crippen MR) is 86.2 cm³/mol. The summed E-state index contributed by atoms with van der Waals surface area (Å²) in [6, 6.07) is 6.84. The van der Waals surface area contributed by atoms with Crippen molar-refractivity contribution in [2.75, 3.05) is 12.8 Å². The maximum atomic E-state index is 12.7. The van der Waals surface area contributed by atoms with Crippen LogP contribution >= 0.6 is 15.9 Å². The molecule has 0 unspecified atom stereocenters. The molecule has 0 saturated heterocycles. The molecule has 1 heterocycles. The van der Waals surface area contributed by atoms with Gasteiger partial charge in [0, 0.05) is 36.1 Å². The van der Waals surface area contributed by atoms with Crippen molar-refractivity contribution in [2.24, 2.45) is 0 Å². The molecule has 0 aliphatic heterocycles. The van der Waals surface area contributed by atoms with Gasteiger partial charge in [0.1, 0.15) is 0 Å². The average molecular weight is 370 g/mol. The molecule has 0 spiro atoms. The van der Waals surface area contributed by atoms with Crippen molar-refractivity contribution in [1.29, 1.82) is 0 Å². The molecule has 0 aliphatic rings. The highest BCUT2D eigenvalue weighted by Crippen LogP contribution is 2.28. The van der Waals surface area contributed by atoms with Crippen molar-refractivity contribution in [2.45, 2.75) is 18.4 Å². The SMILES string of the molecule is Cc1c(N)cc(Br)cc1S(=O)(=O)N(C)Cc1ccncc1. The predicted octanol–water partition coefficient (Wildman–Crippen LogP) is 2.56. The lowest BCUT2D eigenvalue weighted by Gasteiger charge is -2.19. The molecule has 0 fully saturated rings. The van der Waals surface area contributed by atoms with Crippen LogP contribution in [0, 0.1) is 6.92 Å². The first-order chi connectivity index (χ1) is 9.82. The van der Waals surface area contributed by atoms with Crippen LogP contribution in [-0.4, -0.2) is 24.8 Å². The molecule has 0 saturated carbocycles. The highest BCUT2D eigenvalue weighted by atomic mass is 79.9. The molecule has 21 heavy (non-hydrogen) atoms. The van der Waals surface area contributed by atoms with E-state index >= 15 is 0 Å². The quantitative estimate of drug-likeness (QED) is 0.840. The van der Waals surface area contributed by atoms with Gasteiger partial charge in [0.05, 0.1) is 4.90 Å². The Morgan fingerprint density at radius 3 is 2.52 bits per heavy atom. The van der Waals surface area contributed by atoms with Gasteiger partial charge in [-0.05, 0) is 42.3 Å². The number of nitrogens with two attached hydrogens (primary N) is 1. The molecular weight excluding hydrogens is 354 g/mol. The number of halogens is 1. The van der Waals surface area contributed by atoms with Crippen LogP contribution in [0.1, 0.15) is 11.1 Å². The van der Waals surface area contributed by atoms with Crippen LogP contribution in [0.2, 0.25) is 0 Å². The van der Waals surface area contributed by atoms with Gasteiger partial charge in [-0.3, -0.25) is 4.98 Å². The number of nitrogen functional groups attached to an aromatic ring is 1. The number of nitrogens with zero attached hydrogens (tertiary/aromatic N) is 2. The third kappa shape index (κ3) is 3.42. The standard InChI is InChI=1S/C14H16BrN3O2S/c1-10-13(16)7-12(15)8-14(10)21(19,20)18(2)9-11-3-5-17-6-4-11/h3-8H,9,16H2,1-2H3. The molecule has 0 bridgehead atoms. The van der Waals surface area contributed by atoms with Crippen LogP contribution in [0.15, 0.2) is 46.0 Å². The Morgan fingerprint density at radius 1 is 1.29 bits per heavy atom. The van der Waals surface area contributed by atoms with Gasteiger partial charge in [0.25, 0.3) is 0 Å². The second-order valence-electron chi connectivity index (χ2n) is 4.73. The van der Waals surface area contributed by atoms with E-state index in [0.29, 0.717) is 15.7 Å². The third-order valence-corrected chi connectivity index (χ3v) is 5.60. The van der Waals surface area contributed by atoms with Crippen LogP contribution in [-0.2, 0) is 16.6 Å². The zero-order chi connectivity index (χ0) is 15.6. The summed E-state index contributed by atoms with van der Waals surface area (Å²) in [6.45, 7) is 1.98. The summed E-state index contributed by atoms with van der Waals surface area (Å²) >= 11 is 3.28. The smallest absolute Gasteiger partial charge is 0.243 e. The summed E-state index contributed by atoms with van der Waals surface area (Å²) in [6.07, 6.45) is 3.27. The maximum Gasteiger partial charge on any atom is 0.243 e. The molecule has 2 N–H and O–H groups in total. The number of pyridine rings is 1. The lowest BCUT2D eigenvalue weighted by Crippen LogP contribution is -2.27. The first kappa shape index (κ1) is 15.9. The Morgan fingerprint density at radius 2 is 1.90 bits per heavy atom. The Bertz CT molecular complexity index is 748. The highest BCUT2D eigenvalue weighted by molar-refractivity contribution is 9.10. The normalized spacial score (nSPS) is 11.8. The molecule has 7 heteroatoms. The summed E-state index contributed by atoms with van der Waals surface area (Å²) in [4.78, 5) is 4.13. The van der Waals surface area contributed by atoms with Crippen molar-refractivity contribution >= 4 is 31.6 Å². The second kappa shape index (κ2) is 6.13. The van der Waals surface area contributed by atoms with Gasteiger partial charge in [-0.25, -0.2) is 8.42 Å². The van der Waals surface area contributed by atoms with Crippen molar-refractivity contribution in [3.63, 3.8) is 0 Å². The van der Waals surface area contributed by atoms with Crippen LogP contribution in [0.4, 0.5) is 5.69 Å². The zero-order valence-corrected chi connectivity index (χ0v) is 14.1. The van der Waals surface area contributed by atoms with Crippen molar-refractivity contribution in [1.82, 2.24) is 9.29 Å². The van der Waals surface area contributed by atoms with Crippen LogP contribution in [0.3, 0.4) is 0 Å². The minimum absolute atomic E-state index is 0.214. The largest absolute Gasteiger partial charge is 0.398 e. The number of benzene rings is 1. The summed E-state index contributed by atoms with van der Waals surface area (Å²) < 4.78 is 27.3. The van der Waals surface area contributed by atoms with Crippen molar-refractivity contribution < 1.29 is 8.42 Å². The van der Waals surface area contributed by atoms with E-state index in [1.54, 1.807) is 50.6 Å². The Kier molecular flexibility index (Phi) is 4.65. The monoisotopic (exact) mass is 369 g/mol. The minimum Gasteiger partial charge on any atom is -0.398 e. The van der Waals surface area contributed by atoms with E-state index in [1.807, 2.05) is 0 Å². The van der Waals surface area contributed by atoms with Gasteiger partial charge in [0.15, 0.2) is 0 Å². The fraction of sp³-hybridized carbons (Fsp3) is 0.214. The van der Waals surface area contributed by atoms with E-state index in [-0.39, 0.29) is 11.4 Å². The molecule has 1 aromatic carbocycles. The number of hydrogen-bond donors (Lipinski definition) is 1. The molecular formula is C14H16BrN3O2S. The molecule has 0 aliphatic carbocycles. The molecule has 112 valence electrons. The van der Waals surface area contributed by atoms with Crippen LogP contribution < -0.4 is 5.73 Å². The molecule has 2 rings (SSSR count). The van der Waals surface area contributed by atoms with Crippen molar-refractivity contribution in [3.8, 4) is 0 Å². The molecule has 0 amide bonds. The fourth-order valence-electron chi connectivity index (χ4n) is 1.94. The summed E-state index contributed by atoms with van der Waals surface area (Å²) in [5.41, 5.74) is 7.72. The van der Waals surface area contributed by atoms with E-state index in [2.05, 4.69) is 20.9 Å². The van der Waals surface area contributed by atoms with E-state index in [0.717, 1.165) is 5.56 Å². The van der Waals surface area contributed by atoms with Gasteiger partial charge in [0.2, 0.25) is 10.0 Å². The Hall–Kier alpha value is -1.44. The van der Waals surface area contributed by atoms with Gasteiger partial charge in [-0.1, -0.05) is 15.9 Å². The summed E-state index contributed by atoms with van der Waals surface area (Å²) in [5.74, 6) is 0. The van der Waals surface area contributed by atoms with E-state index in [1.165, 1.54) is 4.31 Å². The lowest BCUT2D eigenvalue weighted by atomic mass is 10.2. The van der Waals surface area contributed by atoms with Gasteiger partial charge < -0.3 is 5.73 Å². The zero-order valence-electron chi connectivity index (χ0n) is 11.7. The molecule has 0 atom stereocenters. The Balaban J connectivity index is 2.38. The number of hydrogen-bond acceptors (Lipinski definition) is 4. The van der Waals surface area contributed by atoms with Gasteiger partial charge >= 0.3 is 0 Å². The van der Waals surface area contributed by atoms with Gasteiger partial charge in [-0.15, -0.1) is 0 Å². The first-order valence-corrected chi connectivity index (χ1v) is 8.46. The second-order valence-corrected chi connectivity index (χ2v) is 7.66. The van der Waals surface area contributed by atoms with Crippen LogP contribution in [0.5, 0.6) is 0 Å². The topological polar surface area (TPSA) is 76.3 Å². The molecule has 5 nitrogen and oxygen atoms in total. The molecule has 1 aromatic heterocycles. The maximum absolute atomic E-state index is 12.7. The average Bonchev–Trinajstić information content (AvgIpc) is 2.43. The number of sulfonamides is 1. The fourth-order valence-corrected chi connectivity index (χ4v) is 4.00. The molecule has 0 radical (unpaired) electrons. The van der Waals surface area contributed by atoms with E-state index in [4.69, 9.17) is 5.73 Å². The number of anilines is 1. The number of rotatable bonds is 4. The van der Waals surface area contributed by atoms with E-state index in [9.17, 15) is 8.42 Å². The summed E-state index contributed by atoms with van der Waals surface area (Å²) in [5, 5.41) is 0. The minimum atomic E-state index is -3.61. The number of aromatic nitrogens is 1. The highest BCUT2D eigenvalue weighted by Gasteiger charge is 2.24. The lowest BCUT2D eigenvalue weighted by molar-refractivity contribution is 0.466. The third-order valence-electron chi connectivity index (χ3n) is 3.21. The van der Waals surface area contributed by atoms with E-state index < -0.39 is 10.0 Å². The van der Waals surface area contributed by atoms with Crippen LogP contribution in [0.25, 0.3) is 0 Å². The Labute approximate surface area is 133 Å². The molecule has 2 aromatic rings. The summed E-state index contributed by atoms with van der Waals surface area (Å²) in [7, 11) is -2.06. The van der Waals surface area contributed by atoms with Crippen molar-refractivity contribution in [3.05, 3.63) is 52.3 Å².